The van der Waals surface area contributed by atoms with E-state index in [4.69, 9.17) is 4.74 Å². The van der Waals surface area contributed by atoms with Gasteiger partial charge in [0.15, 0.2) is 5.82 Å². The first-order valence-corrected chi connectivity index (χ1v) is 14.1. The molecule has 0 spiro atoms. The topological polar surface area (TPSA) is 87.7 Å². The number of fused-ring (bicyclic) bond motifs is 1. The lowest BCUT2D eigenvalue weighted by molar-refractivity contribution is 0.0818. The Labute approximate surface area is 190 Å². The largest absolute Gasteiger partial charge is 0.360 e. The highest BCUT2D eigenvalue weighted by molar-refractivity contribution is 6.76. The van der Waals surface area contributed by atoms with Crippen LogP contribution in [0.2, 0.25) is 25.7 Å². The van der Waals surface area contributed by atoms with Crippen LogP contribution >= 0.6 is 0 Å². The highest BCUT2D eigenvalue weighted by Gasteiger charge is 2.21. The second-order valence-electron chi connectivity index (χ2n) is 9.00. The van der Waals surface area contributed by atoms with E-state index in [9.17, 15) is 13.6 Å². The zero-order valence-electron chi connectivity index (χ0n) is 18.8. The Balaban J connectivity index is 1.77. The summed E-state index contributed by atoms with van der Waals surface area (Å²) < 4.78 is 38.3. The number of ether oxygens (including phenoxy) is 1. The van der Waals surface area contributed by atoms with Gasteiger partial charge in [-0.15, -0.1) is 0 Å². The second-order valence-corrected chi connectivity index (χ2v) is 14.6. The van der Waals surface area contributed by atoms with Gasteiger partial charge in [-0.1, -0.05) is 19.6 Å². The van der Waals surface area contributed by atoms with E-state index in [0.29, 0.717) is 35.2 Å². The number of hydrogen-bond acceptors (Lipinski definition) is 6. The molecule has 1 aromatic carbocycles. The number of benzene rings is 1. The van der Waals surface area contributed by atoms with E-state index in [1.807, 2.05) is 0 Å². The van der Waals surface area contributed by atoms with Crippen LogP contribution in [0.25, 0.3) is 33.7 Å². The molecule has 0 unspecified atom stereocenters. The van der Waals surface area contributed by atoms with E-state index in [1.165, 1.54) is 6.20 Å². The molecule has 0 fully saturated rings. The van der Waals surface area contributed by atoms with Gasteiger partial charge in [-0.25, -0.2) is 23.4 Å². The minimum absolute atomic E-state index is 0.103. The number of rotatable bonds is 8. The van der Waals surface area contributed by atoms with E-state index in [1.54, 1.807) is 28.8 Å². The summed E-state index contributed by atoms with van der Waals surface area (Å²) in [6, 6.07) is 2.92. The number of hydrogen-bond donors (Lipinski definition) is 0. The summed E-state index contributed by atoms with van der Waals surface area (Å²) in [6.07, 6.45) is 5.27. The van der Waals surface area contributed by atoms with E-state index >= 15 is 0 Å². The van der Waals surface area contributed by atoms with Gasteiger partial charge in [0.1, 0.15) is 41.4 Å². The molecule has 0 aliphatic carbocycles. The van der Waals surface area contributed by atoms with Gasteiger partial charge in [-0.3, -0.25) is 9.48 Å². The van der Waals surface area contributed by atoms with E-state index < -0.39 is 25.3 Å². The average molecular weight is 471 g/mol. The van der Waals surface area contributed by atoms with Crippen LogP contribution in [-0.2, 0) is 18.5 Å². The van der Waals surface area contributed by atoms with Crippen molar-refractivity contribution in [2.45, 2.75) is 32.4 Å². The molecule has 33 heavy (non-hydrogen) atoms. The van der Waals surface area contributed by atoms with Gasteiger partial charge in [-0.05, 0) is 18.2 Å². The molecule has 0 bridgehead atoms. The van der Waals surface area contributed by atoms with Crippen molar-refractivity contribution in [1.29, 1.82) is 0 Å². The fourth-order valence-electron chi connectivity index (χ4n) is 3.32. The summed E-state index contributed by atoms with van der Waals surface area (Å²) >= 11 is 0. The molecule has 11 heteroatoms. The van der Waals surface area contributed by atoms with Crippen molar-refractivity contribution in [3.63, 3.8) is 0 Å². The van der Waals surface area contributed by atoms with Crippen molar-refractivity contribution in [3.05, 3.63) is 47.9 Å². The van der Waals surface area contributed by atoms with Gasteiger partial charge in [0.25, 0.3) is 0 Å². The van der Waals surface area contributed by atoms with Crippen molar-refractivity contribution in [2.24, 2.45) is 7.05 Å². The summed E-state index contributed by atoms with van der Waals surface area (Å²) in [5.74, 6) is -1.97. The summed E-state index contributed by atoms with van der Waals surface area (Å²) in [7, 11) is 0.540. The van der Waals surface area contributed by atoms with Crippen molar-refractivity contribution in [2.75, 3.05) is 6.61 Å². The molecular formula is C22H24F2N6O2Si. The highest BCUT2D eigenvalue weighted by atomic mass is 28.3. The molecule has 0 amide bonds. The van der Waals surface area contributed by atoms with Crippen LogP contribution in [0, 0.1) is 11.6 Å². The normalized spacial score (nSPS) is 11.9. The molecule has 3 aromatic heterocycles. The van der Waals surface area contributed by atoms with Gasteiger partial charge in [0, 0.05) is 39.1 Å². The number of nitrogens with zero attached hydrogens (tertiary/aromatic N) is 6. The maximum absolute atomic E-state index is 14.6. The maximum Gasteiger partial charge on any atom is 0.165 e. The third-order valence-electron chi connectivity index (χ3n) is 5.10. The fourth-order valence-corrected chi connectivity index (χ4v) is 4.08. The SMILES string of the molecule is Cn1cc(-c2nn(COCC[Si](C)(C)C)c3cnc(-c4c(F)cc(C=O)cc4F)nc23)cn1. The molecule has 4 aromatic rings. The Morgan fingerprint density at radius 3 is 2.48 bits per heavy atom. The molecular weight excluding hydrogens is 446 g/mol. The molecule has 172 valence electrons. The predicted molar refractivity (Wildman–Crippen MR) is 122 cm³/mol. The van der Waals surface area contributed by atoms with Gasteiger partial charge in [0.2, 0.25) is 0 Å². The summed E-state index contributed by atoms with van der Waals surface area (Å²) in [5.41, 5.74) is 1.68. The van der Waals surface area contributed by atoms with Crippen LogP contribution in [0.1, 0.15) is 10.4 Å². The Morgan fingerprint density at radius 2 is 1.88 bits per heavy atom. The molecule has 8 nitrogen and oxygen atoms in total. The second kappa shape index (κ2) is 8.91. The van der Waals surface area contributed by atoms with Crippen LogP contribution in [-0.4, -0.2) is 50.5 Å². The van der Waals surface area contributed by atoms with Crippen LogP contribution in [0.5, 0.6) is 0 Å². The van der Waals surface area contributed by atoms with Gasteiger partial charge in [0.05, 0.1) is 18.0 Å². The number of halogens is 2. The quantitative estimate of drug-likeness (QED) is 0.217. The van der Waals surface area contributed by atoms with Crippen molar-refractivity contribution < 1.29 is 18.3 Å². The first kappa shape index (κ1) is 22.9. The fraction of sp³-hybridized carbons (Fsp3) is 0.318. The van der Waals surface area contributed by atoms with Gasteiger partial charge >= 0.3 is 0 Å². The third kappa shape index (κ3) is 4.88. The van der Waals surface area contributed by atoms with E-state index in [2.05, 4.69) is 39.8 Å². The first-order chi connectivity index (χ1) is 15.7. The molecule has 0 aliphatic rings. The lowest BCUT2D eigenvalue weighted by Crippen LogP contribution is -2.22. The van der Waals surface area contributed by atoms with E-state index in [0.717, 1.165) is 18.2 Å². The molecule has 0 atom stereocenters. The highest BCUT2D eigenvalue weighted by Crippen LogP contribution is 2.30. The number of aryl methyl sites for hydroxylation is 1. The summed E-state index contributed by atoms with van der Waals surface area (Å²) in [4.78, 5) is 19.5. The van der Waals surface area contributed by atoms with Crippen LogP contribution < -0.4 is 0 Å². The van der Waals surface area contributed by atoms with Crippen LogP contribution in [0.4, 0.5) is 8.78 Å². The number of aldehydes is 1. The number of carbonyl (C=O) groups excluding carboxylic acids is 1. The monoisotopic (exact) mass is 470 g/mol. The summed E-state index contributed by atoms with van der Waals surface area (Å²) in [5, 5.41) is 8.81. The molecule has 4 rings (SSSR count). The predicted octanol–water partition coefficient (Wildman–Crippen LogP) is 4.30. The number of carbonyl (C=O) groups is 1. The maximum atomic E-state index is 14.6. The molecule has 0 aliphatic heterocycles. The van der Waals surface area contributed by atoms with Crippen molar-refractivity contribution in [1.82, 2.24) is 29.5 Å². The molecule has 0 saturated heterocycles. The zero-order chi connectivity index (χ0) is 23.8. The molecule has 3 heterocycles. The summed E-state index contributed by atoms with van der Waals surface area (Å²) in [6.45, 7) is 7.62. The average Bonchev–Trinajstić information content (AvgIpc) is 3.33. The van der Waals surface area contributed by atoms with Gasteiger partial charge in [-0.2, -0.15) is 10.2 Å². The van der Waals surface area contributed by atoms with Gasteiger partial charge < -0.3 is 4.74 Å². The minimum Gasteiger partial charge on any atom is -0.360 e. The smallest absolute Gasteiger partial charge is 0.165 e. The molecule has 0 N–H and O–H groups in total. The number of aromatic nitrogens is 6. The molecule has 0 saturated carbocycles. The van der Waals surface area contributed by atoms with Crippen LogP contribution in [0.15, 0.2) is 30.7 Å². The lowest BCUT2D eigenvalue weighted by Gasteiger charge is -2.15. The minimum atomic E-state index is -1.24. The first-order valence-electron chi connectivity index (χ1n) is 10.4. The van der Waals surface area contributed by atoms with Crippen molar-refractivity contribution >= 4 is 25.4 Å². The van der Waals surface area contributed by atoms with E-state index in [-0.39, 0.29) is 18.1 Å². The lowest BCUT2D eigenvalue weighted by atomic mass is 10.1. The Morgan fingerprint density at radius 1 is 1.15 bits per heavy atom. The zero-order valence-corrected chi connectivity index (χ0v) is 19.8. The standard InChI is InChI=1S/C22H24F2N6O2Si/c1-29-11-15(9-26-29)20-21-18(30(28-20)13-32-5-6-33(2,3)4)10-25-22(27-21)19-16(23)7-14(12-31)8-17(19)24/h7-12H,5-6,13H2,1-4H3. The molecule has 0 radical (unpaired) electrons. The Hall–Kier alpha value is -3.31. The third-order valence-corrected chi connectivity index (χ3v) is 6.81. The van der Waals surface area contributed by atoms with Crippen molar-refractivity contribution in [3.8, 4) is 22.6 Å². The van der Waals surface area contributed by atoms with Crippen LogP contribution in [0.3, 0.4) is 0 Å². The Kier molecular flexibility index (Phi) is 6.17. The Bertz CT molecular complexity index is 1310.